The minimum atomic E-state index is -0.0421. The van der Waals surface area contributed by atoms with Gasteiger partial charge in [0.1, 0.15) is 5.75 Å². The molecular weight excluding hydrogens is 368 g/mol. The molecule has 0 aliphatic carbocycles. The van der Waals surface area contributed by atoms with Crippen molar-refractivity contribution < 1.29 is 14.3 Å². The van der Waals surface area contributed by atoms with Crippen molar-refractivity contribution in [2.45, 2.75) is 0 Å². The average Bonchev–Trinajstić information content (AvgIpc) is 3.33. The monoisotopic (exact) mass is 390 g/mol. The van der Waals surface area contributed by atoms with Gasteiger partial charge in [0, 0.05) is 49.7 Å². The number of methoxy groups -OCH3 is 1. The zero-order valence-corrected chi connectivity index (χ0v) is 16.2. The SMILES string of the molecule is COc1cccc(C(=O)N2CCN(C(=O)c3ccc(-n4cccn4)cc3)CC2)c1. The van der Waals surface area contributed by atoms with E-state index in [0.717, 1.165) is 5.69 Å². The summed E-state index contributed by atoms with van der Waals surface area (Å²) in [5.74, 6) is 0.591. The van der Waals surface area contributed by atoms with Gasteiger partial charge in [0.05, 0.1) is 12.8 Å². The third-order valence-corrected chi connectivity index (χ3v) is 5.05. The minimum Gasteiger partial charge on any atom is -0.497 e. The summed E-state index contributed by atoms with van der Waals surface area (Å²) in [6.07, 6.45) is 3.57. The number of benzene rings is 2. The van der Waals surface area contributed by atoms with Crippen molar-refractivity contribution in [2.24, 2.45) is 0 Å². The molecule has 0 saturated carbocycles. The van der Waals surface area contributed by atoms with Gasteiger partial charge in [-0.2, -0.15) is 5.10 Å². The zero-order valence-electron chi connectivity index (χ0n) is 16.2. The fourth-order valence-electron chi connectivity index (χ4n) is 3.41. The number of hydrogen-bond acceptors (Lipinski definition) is 4. The van der Waals surface area contributed by atoms with E-state index in [1.165, 1.54) is 0 Å². The molecule has 7 heteroatoms. The summed E-state index contributed by atoms with van der Waals surface area (Å²) < 4.78 is 6.94. The summed E-state index contributed by atoms with van der Waals surface area (Å²) in [6.45, 7) is 2.03. The fraction of sp³-hybridized carbons (Fsp3) is 0.227. The molecule has 0 bridgehead atoms. The molecule has 0 N–H and O–H groups in total. The van der Waals surface area contributed by atoms with E-state index in [-0.39, 0.29) is 11.8 Å². The Morgan fingerprint density at radius 2 is 1.52 bits per heavy atom. The number of carbonyl (C=O) groups excluding carboxylic acids is 2. The van der Waals surface area contributed by atoms with Crippen LogP contribution in [0.15, 0.2) is 67.0 Å². The Morgan fingerprint density at radius 1 is 0.862 bits per heavy atom. The van der Waals surface area contributed by atoms with Gasteiger partial charge < -0.3 is 14.5 Å². The number of carbonyl (C=O) groups is 2. The molecule has 0 radical (unpaired) electrons. The lowest BCUT2D eigenvalue weighted by atomic mass is 10.1. The predicted octanol–water partition coefficient (Wildman–Crippen LogP) is 2.48. The highest BCUT2D eigenvalue weighted by molar-refractivity contribution is 5.96. The van der Waals surface area contributed by atoms with Gasteiger partial charge >= 0.3 is 0 Å². The molecule has 0 spiro atoms. The van der Waals surface area contributed by atoms with Crippen LogP contribution in [0, 0.1) is 0 Å². The van der Waals surface area contributed by atoms with Gasteiger partial charge in [0.25, 0.3) is 11.8 Å². The van der Waals surface area contributed by atoms with E-state index in [0.29, 0.717) is 43.1 Å². The number of amides is 2. The number of rotatable bonds is 4. The van der Waals surface area contributed by atoms with E-state index < -0.39 is 0 Å². The second kappa shape index (κ2) is 8.18. The van der Waals surface area contributed by atoms with Crippen LogP contribution in [0.4, 0.5) is 0 Å². The zero-order chi connectivity index (χ0) is 20.2. The highest BCUT2D eigenvalue weighted by Gasteiger charge is 2.25. The summed E-state index contributed by atoms with van der Waals surface area (Å²) in [5, 5.41) is 4.19. The van der Waals surface area contributed by atoms with Gasteiger partial charge in [-0.3, -0.25) is 9.59 Å². The lowest BCUT2D eigenvalue weighted by molar-refractivity contribution is 0.0535. The van der Waals surface area contributed by atoms with Crippen molar-refractivity contribution in [1.29, 1.82) is 0 Å². The number of hydrogen-bond donors (Lipinski definition) is 0. The first kappa shape index (κ1) is 18.7. The van der Waals surface area contributed by atoms with Gasteiger partial charge in [0.15, 0.2) is 0 Å². The van der Waals surface area contributed by atoms with Gasteiger partial charge in [-0.05, 0) is 48.5 Å². The number of nitrogens with zero attached hydrogens (tertiary/aromatic N) is 4. The van der Waals surface area contributed by atoms with Crippen molar-refractivity contribution in [1.82, 2.24) is 19.6 Å². The van der Waals surface area contributed by atoms with Gasteiger partial charge in [0.2, 0.25) is 0 Å². The normalized spacial score (nSPS) is 14.0. The van der Waals surface area contributed by atoms with Crippen molar-refractivity contribution in [3.05, 3.63) is 78.1 Å². The predicted molar refractivity (Wildman–Crippen MR) is 108 cm³/mol. The molecule has 0 unspecified atom stereocenters. The molecule has 3 aromatic rings. The standard InChI is InChI=1S/C22H22N4O3/c1-29-20-5-2-4-18(16-20)22(28)25-14-12-24(13-15-25)21(27)17-6-8-19(9-7-17)26-11-3-10-23-26/h2-11,16H,12-15H2,1H3. The number of aromatic nitrogens is 2. The third kappa shape index (κ3) is 3.99. The second-order valence-corrected chi connectivity index (χ2v) is 6.81. The molecule has 1 aliphatic heterocycles. The van der Waals surface area contributed by atoms with Crippen LogP contribution in [0.1, 0.15) is 20.7 Å². The Labute approximate surface area is 169 Å². The molecule has 148 valence electrons. The Balaban J connectivity index is 1.37. The summed E-state index contributed by atoms with van der Waals surface area (Å²) >= 11 is 0. The maximum atomic E-state index is 12.8. The van der Waals surface area contributed by atoms with Crippen LogP contribution in [0.3, 0.4) is 0 Å². The maximum absolute atomic E-state index is 12.8. The molecule has 2 amide bonds. The summed E-state index contributed by atoms with van der Waals surface area (Å²) in [5.41, 5.74) is 2.13. The van der Waals surface area contributed by atoms with Gasteiger partial charge in [-0.25, -0.2) is 4.68 Å². The highest BCUT2D eigenvalue weighted by Crippen LogP contribution is 2.17. The molecule has 1 fully saturated rings. The lowest BCUT2D eigenvalue weighted by Crippen LogP contribution is -2.50. The Hall–Kier alpha value is -3.61. The van der Waals surface area contributed by atoms with Gasteiger partial charge in [-0.1, -0.05) is 6.07 Å². The Kier molecular flexibility index (Phi) is 5.29. The van der Waals surface area contributed by atoms with Crippen molar-refractivity contribution in [3.63, 3.8) is 0 Å². The highest BCUT2D eigenvalue weighted by atomic mass is 16.5. The van der Waals surface area contributed by atoms with Crippen molar-refractivity contribution in [3.8, 4) is 11.4 Å². The van der Waals surface area contributed by atoms with E-state index in [4.69, 9.17) is 4.74 Å². The fourth-order valence-corrected chi connectivity index (χ4v) is 3.41. The Bertz CT molecular complexity index is 991. The molecule has 2 aromatic carbocycles. The molecule has 1 saturated heterocycles. The summed E-state index contributed by atoms with van der Waals surface area (Å²) in [7, 11) is 1.58. The molecule has 1 aliphatic rings. The van der Waals surface area contributed by atoms with Crippen LogP contribution in [0.5, 0.6) is 5.75 Å². The second-order valence-electron chi connectivity index (χ2n) is 6.81. The number of piperazine rings is 1. The minimum absolute atomic E-state index is 0.0227. The van der Waals surface area contributed by atoms with E-state index in [1.807, 2.05) is 42.6 Å². The molecular formula is C22H22N4O3. The van der Waals surface area contributed by atoms with E-state index in [1.54, 1.807) is 46.0 Å². The Morgan fingerprint density at radius 3 is 2.10 bits per heavy atom. The quantitative estimate of drug-likeness (QED) is 0.686. The van der Waals surface area contributed by atoms with Crippen molar-refractivity contribution >= 4 is 11.8 Å². The van der Waals surface area contributed by atoms with Crippen LogP contribution in [0.25, 0.3) is 5.69 Å². The van der Waals surface area contributed by atoms with E-state index >= 15 is 0 Å². The molecule has 7 nitrogen and oxygen atoms in total. The van der Waals surface area contributed by atoms with Crippen LogP contribution >= 0.6 is 0 Å². The molecule has 1 aromatic heterocycles. The third-order valence-electron chi connectivity index (χ3n) is 5.05. The van der Waals surface area contributed by atoms with E-state index in [9.17, 15) is 9.59 Å². The molecule has 4 rings (SSSR count). The van der Waals surface area contributed by atoms with E-state index in [2.05, 4.69) is 5.10 Å². The summed E-state index contributed by atoms with van der Waals surface area (Å²) in [4.78, 5) is 29.1. The lowest BCUT2D eigenvalue weighted by Gasteiger charge is -2.35. The van der Waals surface area contributed by atoms with Crippen LogP contribution in [-0.4, -0.2) is 64.7 Å². The summed E-state index contributed by atoms with van der Waals surface area (Å²) in [6, 6.07) is 16.4. The first-order chi connectivity index (χ1) is 14.2. The molecule has 29 heavy (non-hydrogen) atoms. The topological polar surface area (TPSA) is 67.7 Å². The van der Waals surface area contributed by atoms with Crippen molar-refractivity contribution in [2.75, 3.05) is 33.3 Å². The number of ether oxygens (including phenoxy) is 1. The first-order valence-corrected chi connectivity index (χ1v) is 9.48. The van der Waals surface area contributed by atoms with Crippen LogP contribution < -0.4 is 4.74 Å². The molecule has 0 atom stereocenters. The average molecular weight is 390 g/mol. The maximum Gasteiger partial charge on any atom is 0.254 e. The smallest absolute Gasteiger partial charge is 0.254 e. The first-order valence-electron chi connectivity index (χ1n) is 9.48. The van der Waals surface area contributed by atoms with Gasteiger partial charge in [-0.15, -0.1) is 0 Å². The largest absolute Gasteiger partial charge is 0.497 e. The van der Waals surface area contributed by atoms with Crippen LogP contribution in [-0.2, 0) is 0 Å². The molecule has 2 heterocycles. The van der Waals surface area contributed by atoms with Crippen LogP contribution in [0.2, 0.25) is 0 Å².